The standard InChI is InChI=1S/C17H26ClNO/c1-13-11-16(12-14(2)17(13)18)20-10-6-4-3-5-9-19-15-7-8-15/h11-12,15,19H,3-10H2,1-2H3. The first kappa shape index (κ1) is 15.7. The van der Waals surface area contributed by atoms with Crippen LogP contribution >= 0.6 is 11.6 Å². The van der Waals surface area contributed by atoms with Crippen molar-refractivity contribution in [3.05, 3.63) is 28.3 Å². The highest BCUT2D eigenvalue weighted by molar-refractivity contribution is 6.32. The van der Waals surface area contributed by atoms with Crippen LogP contribution in [0.3, 0.4) is 0 Å². The summed E-state index contributed by atoms with van der Waals surface area (Å²) in [6, 6.07) is 4.89. The van der Waals surface area contributed by atoms with Crippen molar-refractivity contribution >= 4 is 11.6 Å². The van der Waals surface area contributed by atoms with Crippen LogP contribution in [0.5, 0.6) is 5.75 Å². The van der Waals surface area contributed by atoms with Crippen LogP contribution in [0.4, 0.5) is 0 Å². The molecule has 3 heteroatoms. The van der Waals surface area contributed by atoms with Crippen molar-refractivity contribution < 1.29 is 4.74 Å². The Morgan fingerprint density at radius 2 is 1.75 bits per heavy atom. The van der Waals surface area contributed by atoms with E-state index in [0.29, 0.717) is 0 Å². The van der Waals surface area contributed by atoms with E-state index in [9.17, 15) is 0 Å². The molecule has 0 aromatic heterocycles. The van der Waals surface area contributed by atoms with E-state index >= 15 is 0 Å². The number of unbranched alkanes of at least 4 members (excludes halogenated alkanes) is 3. The van der Waals surface area contributed by atoms with Gasteiger partial charge in [0, 0.05) is 11.1 Å². The van der Waals surface area contributed by atoms with E-state index in [1.807, 2.05) is 26.0 Å². The fraction of sp³-hybridized carbons (Fsp3) is 0.647. The predicted octanol–water partition coefficient (Wildman–Crippen LogP) is 4.65. The van der Waals surface area contributed by atoms with Crippen LogP contribution in [0, 0.1) is 13.8 Å². The molecule has 1 aromatic carbocycles. The second kappa shape index (κ2) is 7.90. The van der Waals surface area contributed by atoms with E-state index < -0.39 is 0 Å². The van der Waals surface area contributed by atoms with Gasteiger partial charge in [0.2, 0.25) is 0 Å². The van der Waals surface area contributed by atoms with E-state index in [1.165, 1.54) is 38.6 Å². The van der Waals surface area contributed by atoms with Crippen molar-refractivity contribution in [2.45, 2.75) is 58.4 Å². The Balaban J connectivity index is 1.54. The molecule has 1 aromatic rings. The molecule has 20 heavy (non-hydrogen) atoms. The zero-order chi connectivity index (χ0) is 14.4. The lowest BCUT2D eigenvalue weighted by molar-refractivity contribution is 0.304. The van der Waals surface area contributed by atoms with Crippen molar-refractivity contribution in [1.29, 1.82) is 0 Å². The summed E-state index contributed by atoms with van der Waals surface area (Å²) < 4.78 is 5.80. The molecule has 0 spiro atoms. The number of hydrogen-bond acceptors (Lipinski definition) is 2. The van der Waals surface area contributed by atoms with Crippen molar-refractivity contribution in [2.75, 3.05) is 13.2 Å². The summed E-state index contributed by atoms with van der Waals surface area (Å²) in [7, 11) is 0. The van der Waals surface area contributed by atoms with Gasteiger partial charge in [-0.1, -0.05) is 24.4 Å². The number of rotatable bonds is 9. The molecule has 1 aliphatic rings. The summed E-state index contributed by atoms with van der Waals surface area (Å²) >= 11 is 6.15. The molecule has 2 nitrogen and oxygen atoms in total. The SMILES string of the molecule is Cc1cc(OCCCCCCNC2CC2)cc(C)c1Cl. The third kappa shape index (κ3) is 5.34. The number of ether oxygens (including phenoxy) is 1. The Morgan fingerprint density at radius 1 is 1.10 bits per heavy atom. The molecule has 1 fully saturated rings. The summed E-state index contributed by atoms with van der Waals surface area (Å²) in [5.41, 5.74) is 2.18. The molecular formula is C17H26ClNO. The molecule has 0 unspecified atom stereocenters. The Labute approximate surface area is 127 Å². The minimum absolute atomic E-state index is 0.802. The molecule has 2 rings (SSSR count). The number of hydrogen-bond donors (Lipinski definition) is 1. The Kier molecular flexibility index (Phi) is 6.18. The van der Waals surface area contributed by atoms with Crippen molar-refractivity contribution in [3.63, 3.8) is 0 Å². The lowest BCUT2D eigenvalue weighted by atomic mass is 10.1. The van der Waals surface area contributed by atoms with Crippen LogP contribution in [0.25, 0.3) is 0 Å². The van der Waals surface area contributed by atoms with E-state index in [4.69, 9.17) is 16.3 Å². The van der Waals surface area contributed by atoms with E-state index in [-0.39, 0.29) is 0 Å². The van der Waals surface area contributed by atoms with Gasteiger partial charge in [-0.05, 0) is 69.3 Å². The van der Waals surface area contributed by atoms with Gasteiger partial charge in [-0.2, -0.15) is 0 Å². The Bertz CT molecular complexity index is 406. The average Bonchev–Trinajstić information content (AvgIpc) is 3.23. The fourth-order valence-corrected chi connectivity index (χ4v) is 2.46. The van der Waals surface area contributed by atoms with Crippen LogP contribution in [0.15, 0.2) is 12.1 Å². The summed E-state index contributed by atoms with van der Waals surface area (Å²) in [5.74, 6) is 0.944. The zero-order valence-corrected chi connectivity index (χ0v) is 13.4. The van der Waals surface area contributed by atoms with Crippen LogP contribution in [0.1, 0.15) is 49.7 Å². The highest BCUT2D eigenvalue weighted by Gasteiger charge is 2.19. The molecule has 0 radical (unpaired) electrons. The smallest absolute Gasteiger partial charge is 0.119 e. The van der Waals surface area contributed by atoms with Gasteiger partial charge >= 0.3 is 0 Å². The van der Waals surface area contributed by atoms with Crippen molar-refractivity contribution in [3.8, 4) is 5.75 Å². The Hall–Kier alpha value is -0.730. The molecule has 0 atom stereocenters. The maximum Gasteiger partial charge on any atom is 0.119 e. The van der Waals surface area contributed by atoms with Crippen molar-refractivity contribution in [2.24, 2.45) is 0 Å². The van der Waals surface area contributed by atoms with E-state index in [2.05, 4.69) is 5.32 Å². The molecule has 0 aliphatic heterocycles. The minimum atomic E-state index is 0.802. The molecule has 112 valence electrons. The van der Waals surface area contributed by atoms with Gasteiger partial charge in [0.25, 0.3) is 0 Å². The molecule has 0 bridgehead atoms. The fourth-order valence-electron chi connectivity index (χ4n) is 2.35. The quantitative estimate of drug-likeness (QED) is 0.670. The molecule has 0 heterocycles. The first-order chi connectivity index (χ1) is 9.66. The third-order valence-corrected chi connectivity index (χ3v) is 4.36. The van der Waals surface area contributed by atoms with Gasteiger partial charge in [-0.25, -0.2) is 0 Å². The number of halogens is 1. The maximum atomic E-state index is 6.15. The minimum Gasteiger partial charge on any atom is -0.494 e. The number of benzene rings is 1. The van der Waals surface area contributed by atoms with Crippen LogP contribution < -0.4 is 10.1 Å². The highest BCUT2D eigenvalue weighted by Crippen LogP contribution is 2.26. The number of aryl methyl sites for hydroxylation is 2. The molecule has 0 saturated heterocycles. The summed E-state index contributed by atoms with van der Waals surface area (Å²) in [6.45, 7) is 6.03. The monoisotopic (exact) mass is 295 g/mol. The van der Waals surface area contributed by atoms with Crippen LogP contribution in [-0.2, 0) is 0 Å². The van der Waals surface area contributed by atoms with Crippen LogP contribution in [-0.4, -0.2) is 19.2 Å². The molecular weight excluding hydrogens is 270 g/mol. The van der Waals surface area contributed by atoms with Gasteiger partial charge in [0.15, 0.2) is 0 Å². The van der Waals surface area contributed by atoms with Gasteiger partial charge in [-0.15, -0.1) is 0 Å². The lowest BCUT2D eigenvalue weighted by Crippen LogP contribution is -2.17. The lowest BCUT2D eigenvalue weighted by Gasteiger charge is -2.10. The normalized spacial score (nSPS) is 14.6. The second-order valence-electron chi connectivity index (χ2n) is 5.86. The third-order valence-electron chi connectivity index (χ3n) is 3.76. The highest BCUT2D eigenvalue weighted by atomic mass is 35.5. The maximum absolute atomic E-state index is 6.15. The summed E-state index contributed by atoms with van der Waals surface area (Å²) in [4.78, 5) is 0. The first-order valence-corrected chi connectivity index (χ1v) is 8.17. The van der Waals surface area contributed by atoms with Gasteiger partial charge in [0.05, 0.1) is 6.61 Å². The molecule has 1 saturated carbocycles. The average molecular weight is 296 g/mol. The number of nitrogens with one attached hydrogen (secondary N) is 1. The second-order valence-corrected chi connectivity index (χ2v) is 6.24. The summed E-state index contributed by atoms with van der Waals surface area (Å²) in [6.07, 6.45) is 7.72. The van der Waals surface area contributed by atoms with E-state index in [1.54, 1.807) is 0 Å². The topological polar surface area (TPSA) is 21.3 Å². The van der Waals surface area contributed by atoms with Gasteiger partial charge in [-0.3, -0.25) is 0 Å². The van der Waals surface area contributed by atoms with Gasteiger partial charge < -0.3 is 10.1 Å². The molecule has 1 N–H and O–H groups in total. The van der Waals surface area contributed by atoms with E-state index in [0.717, 1.165) is 41.0 Å². The van der Waals surface area contributed by atoms with Crippen molar-refractivity contribution in [1.82, 2.24) is 5.32 Å². The van der Waals surface area contributed by atoms with Gasteiger partial charge in [0.1, 0.15) is 5.75 Å². The first-order valence-electron chi connectivity index (χ1n) is 7.80. The molecule has 1 aliphatic carbocycles. The Morgan fingerprint density at radius 3 is 2.40 bits per heavy atom. The molecule has 0 amide bonds. The predicted molar refractivity (Wildman–Crippen MR) is 85.9 cm³/mol. The largest absolute Gasteiger partial charge is 0.494 e. The van der Waals surface area contributed by atoms with Crippen LogP contribution in [0.2, 0.25) is 5.02 Å². The zero-order valence-electron chi connectivity index (χ0n) is 12.7. The summed E-state index contributed by atoms with van der Waals surface area (Å²) in [5, 5.41) is 4.40.